The number of rotatable bonds is 73. The van der Waals surface area contributed by atoms with Crippen LogP contribution in [0.3, 0.4) is 0 Å². The Labute approximate surface area is 515 Å². The summed E-state index contributed by atoms with van der Waals surface area (Å²) >= 11 is 0. The SMILES string of the molecule is CCCCCCCCCCCCCCCCCCCCCCCCCCC(O)C(CO)NC(=O)CCCCCCCCCCCCCCCCCCCCCCCCCCCCCOC(=O)CCCCCCCCCCCCCCCC. The van der Waals surface area contributed by atoms with Crippen molar-refractivity contribution in [3.05, 3.63) is 0 Å². The highest BCUT2D eigenvalue weighted by Crippen LogP contribution is 2.20. The van der Waals surface area contributed by atoms with Gasteiger partial charge in [0.15, 0.2) is 0 Å². The first kappa shape index (κ1) is 80.9. The molecule has 0 aliphatic rings. The molecule has 0 bridgehead atoms. The summed E-state index contributed by atoms with van der Waals surface area (Å²) in [5.41, 5.74) is 0. The number of hydrogen-bond acceptors (Lipinski definition) is 5. The molecule has 0 aliphatic heterocycles. The van der Waals surface area contributed by atoms with Gasteiger partial charge >= 0.3 is 5.97 Å². The lowest BCUT2D eigenvalue weighted by Gasteiger charge is -2.22. The molecule has 0 aromatic carbocycles. The van der Waals surface area contributed by atoms with Crippen LogP contribution < -0.4 is 5.32 Å². The molecule has 2 unspecified atom stereocenters. The summed E-state index contributed by atoms with van der Waals surface area (Å²) < 4.78 is 5.50. The van der Waals surface area contributed by atoms with Crippen LogP contribution in [0.2, 0.25) is 0 Å². The average molecular weight is 1160 g/mol. The lowest BCUT2D eigenvalue weighted by Crippen LogP contribution is -2.45. The molecule has 3 N–H and O–H groups in total. The van der Waals surface area contributed by atoms with Gasteiger partial charge in [0.25, 0.3) is 0 Å². The molecule has 6 nitrogen and oxygen atoms in total. The Hall–Kier alpha value is -1.14. The molecular weight excluding hydrogens is 1010 g/mol. The van der Waals surface area contributed by atoms with Crippen molar-refractivity contribution in [3.8, 4) is 0 Å². The van der Waals surface area contributed by atoms with Gasteiger partial charge < -0.3 is 20.3 Å². The van der Waals surface area contributed by atoms with Crippen LogP contribution in [0.5, 0.6) is 0 Å². The van der Waals surface area contributed by atoms with Crippen LogP contribution in [0.1, 0.15) is 450 Å². The fraction of sp³-hybridized carbons (Fsp3) is 0.974. The molecule has 0 saturated carbocycles. The normalized spacial score (nSPS) is 12.4. The number of aliphatic hydroxyl groups excluding tert-OH is 2. The summed E-state index contributed by atoms with van der Waals surface area (Å²) in [5, 5.41) is 23.5. The van der Waals surface area contributed by atoms with Crippen molar-refractivity contribution in [1.82, 2.24) is 5.32 Å². The zero-order valence-corrected chi connectivity index (χ0v) is 56.3. The van der Waals surface area contributed by atoms with E-state index in [0.717, 1.165) is 38.5 Å². The third kappa shape index (κ3) is 68.0. The number of carbonyl (C=O) groups excluding carboxylic acids is 2. The molecule has 0 fully saturated rings. The largest absolute Gasteiger partial charge is 0.466 e. The number of amides is 1. The predicted molar refractivity (Wildman–Crippen MR) is 361 cm³/mol. The van der Waals surface area contributed by atoms with Crippen LogP contribution in [-0.4, -0.2) is 47.4 Å². The second kappa shape index (κ2) is 72.3. The molecule has 0 aromatic heterocycles. The van der Waals surface area contributed by atoms with Crippen molar-refractivity contribution < 1.29 is 24.5 Å². The first-order chi connectivity index (χ1) is 40.5. The zero-order valence-electron chi connectivity index (χ0n) is 56.3. The minimum Gasteiger partial charge on any atom is -0.466 e. The molecule has 0 rings (SSSR count). The van der Waals surface area contributed by atoms with Gasteiger partial charge in [0.2, 0.25) is 5.91 Å². The fourth-order valence-corrected chi connectivity index (χ4v) is 12.6. The third-order valence-electron chi connectivity index (χ3n) is 18.4. The molecule has 0 spiro atoms. The molecule has 490 valence electrons. The van der Waals surface area contributed by atoms with Crippen LogP contribution in [0.4, 0.5) is 0 Å². The van der Waals surface area contributed by atoms with Crippen molar-refractivity contribution in [3.63, 3.8) is 0 Å². The minimum absolute atomic E-state index is 0.0220. The summed E-state index contributed by atoms with van der Waals surface area (Å²) in [6, 6.07) is -0.540. The smallest absolute Gasteiger partial charge is 0.305 e. The maximum Gasteiger partial charge on any atom is 0.305 e. The van der Waals surface area contributed by atoms with Crippen LogP contribution in [0.25, 0.3) is 0 Å². The lowest BCUT2D eigenvalue weighted by molar-refractivity contribution is -0.143. The highest BCUT2D eigenvalue weighted by molar-refractivity contribution is 5.76. The first-order valence-corrected chi connectivity index (χ1v) is 38.3. The Balaban J connectivity index is 3.34. The van der Waals surface area contributed by atoms with Crippen molar-refractivity contribution >= 4 is 11.9 Å². The molecule has 82 heavy (non-hydrogen) atoms. The second-order valence-corrected chi connectivity index (χ2v) is 26.7. The van der Waals surface area contributed by atoms with Gasteiger partial charge in [-0.05, 0) is 25.7 Å². The number of ether oxygens (including phenoxy) is 1. The van der Waals surface area contributed by atoms with Gasteiger partial charge in [-0.15, -0.1) is 0 Å². The topological polar surface area (TPSA) is 95.9 Å². The van der Waals surface area contributed by atoms with E-state index in [1.54, 1.807) is 0 Å². The van der Waals surface area contributed by atoms with E-state index in [2.05, 4.69) is 19.2 Å². The Morgan fingerprint density at radius 2 is 0.500 bits per heavy atom. The summed E-state index contributed by atoms with van der Waals surface area (Å²) in [5.74, 6) is -0.00385. The maximum atomic E-state index is 12.6. The average Bonchev–Trinajstić information content (AvgIpc) is 3.48. The van der Waals surface area contributed by atoms with E-state index in [-0.39, 0.29) is 18.5 Å². The number of carbonyl (C=O) groups is 2. The van der Waals surface area contributed by atoms with Gasteiger partial charge in [-0.1, -0.05) is 412 Å². The Bertz CT molecular complexity index is 1200. The predicted octanol–water partition coefficient (Wildman–Crippen LogP) is 24.9. The van der Waals surface area contributed by atoms with Gasteiger partial charge in [0.1, 0.15) is 0 Å². The van der Waals surface area contributed by atoms with Gasteiger partial charge in [0.05, 0.1) is 25.4 Å². The highest BCUT2D eigenvalue weighted by atomic mass is 16.5. The molecule has 0 aliphatic carbocycles. The van der Waals surface area contributed by atoms with Gasteiger partial charge in [0, 0.05) is 12.8 Å². The Morgan fingerprint density at radius 3 is 0.744 bits per heavy atom. The van der Waals surface area contributed by atoms with Gasteiger partial charge in [-0.25, -0.2) is 0 Å². The van der Waals surface area contributed by atoms with E-state index in [9.17, 15) is 19.8 Å². The molecule has 0 radical (unpaired) electrons. The number of nitrogens with one attached hydrogen (secondary N) is 1. The standard InChI is InChI=1S/C76H151NO5/c1-3-5-7-9-11-13-15-17-19-20-21-22-23-29-32-35-38-41-44-48-52-56-60-64-68-74(79)73(72-78)77-75(80)69-65-61-57-53-49-45-42-39-36-33-30-27-25-24-26-28-31-34-37-40-43-47-51-55-59-63-67-71-82-76(81)70-66-62-58-54-50-46-18-16-14-12-10-8-6-4-2/h73-74,78-79H,3-72H2,1-2H3,(H,77,80). The lowest BCUT2D eigenvalue weighted by atomic mass is 10.0. The molecule has 1 amide bonds. The van der Waals surface area contributed by atoms with Crippen molar-refractivity contribution in [2.75, 3.05) is 13.2 Å². The molecule has 0 heterocycles. The summed E-state index contributed by atoms with van der Waals surface area (Å²) in [7, 11) is 0. The van der Waals surface area contributed by atoms with Crippen LogP contribution in [0.15, 0.2) is 0 Å². The first-order valence-electron chi connectivity index (χ1n) is 38.3. The molecule has 0 saturated heterocycles. The van der Waals surface area contributed by atoms with Crippen molar-refractivity contribution in [2.45, 2.75) is 463 Å². The molecular formula is C76H151NO5. The van der Waals surface area contributed by atoms with E-state index < -0.39 is 12.1 Å². The van der Waals surface area contributed by atoms with Gasteiger partial charge in [-0.3, -0.25) is 9.59 Å². The number of hydrogen-bond donors (Lipinski definition) is 3. The van der Waals surface area contributed by atoms with Crippen LogP contribution in [-0.2, 0) is 14.3 Å². The summed E-state index contributed by atoms with van der Waals surface area (Å²) in [6.45, 7) is 5.01. The number of unbranched alkanes of at least 4 members (excludes halogenated alkanes) is 62. The minimum atomic E-state index is -0.663. The van der Waals surface area contributed by atoms with E-state index in [0.29, 0.717) is 25.9 Å². The van der Waals surface area contributed by atoms with E-state index in [1.165, 1.54) is 379 Å². The summed E-state index contributed by atoms with van der Waals surface area (Å²) in [6.07, 6.45) is 88.9. The quantitative estimate of drug-likeness (QED) is 0.0417. The Morgan fingerprint density at radius 1 is 0.293 bits per heavy atom. The van der Waals surface area contributed by atoms with E-state index in [1.807, 2.05) is 0 Å². The van der Waals surface area contributed by atoms with Crippen molar-refractivity contribution in [2.24, 2.45) is 0 Å². The number of aliphatic hydroxyl groups is 2. The molecule has 2 atom stereocenters. The number of esters is 1. The zero-order chi connectivity index (χ0) is 59.2. The Kier molecular flexibility index (Phi) is 71.3. The third-order valence-corrected chi connectivity index (χ3v) is 18.4. The maximum absolute atomic E-state index is 12.6. The fourth-order valence-electron chi connectivity index (χ4n) is 12.6. The van der Waals surface area contributed by atoms with Gasteiger partial charge in [-0.2, -0.15) is 0 Å². The second-order valence-electron chi connectivity index (χ2n) is 26.7. The molecule has 0 aromatic rings. The van der Waals surface area contributed by atoms with Crippen LogP contribution >= 0.6 is 0 Å². The molecule has 6 heteroatoms. The van der Waals surface area contributed by atoms with Crippen LogP contribution in [0, 0.1) is 0 Å². The monoisotopic (exact) mass is 1160 g/mol. The van der Waals surface area contributed by atoms with Crippen molar-refractivity contribution in [1.29, 1.82) is 0 Å². The van der Waals surface area contributed by atoms with E-state index in [4.69, 9.17) is 4.74 Å². The summed E-state index contributed by atoms with van der Waals surface area (Å²) in [4.78, 5) is 24.6. The highest BCUT2D eigenvalue weighted by Gasteiger charge is 2.20. The van der Waals surface area contributed by atoms with E-state index >= 15 is 0 Å².